The van der Waals surface area contributed by atoms with Crippen molar-refractivity contribution >= 4 is 39.5 Å². The van der Waals surface area contributed by atoms with Crippen LogP contribution in [0.4, 0.5) is 0 Å². The molecule has 0 fully saturated rings. The maximum Gasteiger partial charge on any atom is 0.472 e. The van der Waals surface area contributed by atoms with Gasteiger partial charge in [-0.15, -0.1) is 0 Å². The molecule has 522 valence electrons. The topological polar surface area (TPSA) is 237 Å². The van der Waals surface area contributed by atoms with Gasteiger partial charge in [-0.25, -0.2) is 9.13 Å². The largest absolute Gasteiger partial charge is 0.472 e. The number of esters is 4. The number of hydrogen-bond acceptors (Lipinski definition) is 15. The quantitative estimate of drug-likeness (QED) is 0.0222. The number of aliphatic hydroxyl groups is 1. The standard InChI is InChI=1S/C69H134O17P2/c1-7-11-13-15-17-19-20-21-22-23-24-26-35-41-47-53-68(73)85-64(58-80-67(72)52-46-40-34-29-27-31-37-43-49-61(5)9-3)59-83-87(75,76)81-55-63(70)56-82-88(77,78)84-60-65(57-79-66(71)51-45-39-33-25-18-16-14-12-8-2)86-69(74)54-48-42-36-30-28-32-38-44-50-62(6)10-4/h61-65,70H,7-60H2,1-6H3,(H,75,76)(H,77,78)/t61?,62?,63-,64-,65-/m1/s1. The van der Waals surface area contributed by atoms with Crippen LogP contribution in [-0.2, 0) is 65.4 Å². The molecule has 3 N–H and O–H groups in total. The number of hydrogen-bond donors (Lipinski definition) is 3. The number of ether oxygens (including phenoxy) is 4. The van der Waals surface area contributed by atoms with E-state index >= 15 is 0 Å². The van der Waals surface area contributed by atoms with Crippen LogP contribution in [0.5, 0.6) is 0 Å². The molecule has 0 aliphatic rings. The molecule has 4 unspecified atom stereocenters. The lowest BCUT2D eigenvalue weighted by Crippen LogP contribution is -2.30. The van der Waals surface area contributed by atoms with Gasteiger partial charge >= 0.3 is 39.5 Å². The molecule has 0 bridgehead atoms. The van der Waals surface area contributed by atoms with Crippen LogP contribution in [0.1, 0.15) is 350 Å². The number of phosphoric ester groups is 2. The highest BCUT2D eigenvalue weighted by Crippen LogP contribution is 2.45. The van der Waals surface area contributed by atoms with Crippen LogP contribution in [0, 0.1) is 11.8 Å². The molecule has 0 rings (SSSR count). The first kappa shape index (κ1) is 86.1. The number of unbranched alkanes of at least 4 members (excludes halogenated alkanes) is 36. The van der Waals surface area contributed by atoms with Crippen molar-refractivity contribution in [2.24, 2.45) is 11.8 Å². The Bertz CT molecular complexity index is 1720. The number of phosphoric acid groups is 2. The third-order valence-electron chi connectivity index (χ3n) is 16.7. The number of rotatable bonds is 68. The van der Waals surface area contributed by atoms with E-state index in [1.165, 1.54) is 167 Å². The molecule has 17 nitrogen and oxygen atoms in total. The van der Waals surface area contributed by atoms with E-state index in [0.29, 0.717) is 25.7 Å². The molecule has 19 heteroatoms. The van der Waals surface area contributed by atoms with Crippen LogP contribution in [-0.4, -0.2) is 96.7 Å². The Kier molecular flexibility index (Phi) is 59.9. The van der Waals surface area contributed by atoms with Crippen molar-refractivity contribution in [2.75, 3.05) is 39.6 Å². The zero-order valence-electron chi connectivity index (χ0n) is 57.0. The highest BCUT2D eigenvalue weighted by atomic mass is 31.2. The molecular weight excluding hydrogens is 1160 g/mol. The summed E-state index contributed by atoms with van der Waals surface area (Å²) in [4.78, 5) is 72.5. The summed E-state index contributed by atoms with van der Waals surface area (Å²) in [6.45, 7) is 9.53. The average molecular weight is 1300 g/mol. The smallest absolute Gasteiger partial charge is 0.462 e. The van der Waals surface area contributed by atoms with Gasteiger partial charge in [-0.05, 0) is 37.5 Å². The molecule has 7 atom stereocenters. The number of aliphatic hydroxyl groups excluding tert-OH is 1. The molecule has 0 aromatic rings. The summed E-state index contributed by atoms with van der Waals surface area (Å²) in [6.07, 6.45) is 45.6. The Morgan fingerprint density at radius 1 is 0.318 bits per heavy atom. The molecule has 0 heterocycles. The predicted molar refractivity (Wildman–Crippen MR) is 354 cm³/mol. The monoisotopic (exact) mass is 1300 g/mol. The lowest BCUT2D eigenvalue weighted by Gasteiger charge is -2.21. The van der Waals surface area contributed by atoms with Crippen LogP contribution in [0.2, 0.25) is 0 Å². The van der Waals surface area contributed by atoms with Gasteiger partial charge in [-0.2, -0.15) is 0 Å². The molecule has 0 aliphatic heterocycles. The lowest BCUT2D eigenvalue weighted by atomic mass is 9.99. The van der Waals surface area contributed by atoms with Gasteiger partial charge in [-0.1, -0.05) is 298 Å². The number of carbonyl (C=O) groups excluding carboxylic acids is 4. The summed E-state index contributed by atoms with van der Waals surface area (Å²) in [5.74, 6) is -0.580. The fourth-order valence-corrected chi connectivity index (χ4v) is 11.9. The third-order valence-corrected chi connectivity index (χ3v) is 18.6. The van der Waals surface area contributed by atoms with E-state index < -0.39 is 97.5 Å². The molecule has 0 aromatic carbocycles. The van der Waals surface area contributed by atoms with E-state index in [2.05, 4.69) is 41.5 Å². The SMILES string of the molecule is CCCCCCCCCCCCCCCCCC(=O)O[C@H](COC(=O)CCCCCCCCCCC(C)CC)COP(=O)(O)OC[C@@H](O)COP(=O)(O)OC[C@@H](COC(=O)CCCCCCCCCCC)OC(=O)CCCCCCCCCCC(C)CC. The third kappa shape index (κ3) is 60.3. The molecule has 0 saturated carbocycles. The first-order chi connectivity index (χ1) is 42.4. The highest BCUT2D eigenvalue weighted by molar-refractivity contribution is 7.47. The summed E-state index contributed by atoms with van der Waals surface area (Å²) in [5.41, 5.74) is 0. The van der Waals surface area contributed by atoms with Crippen LogP contribution in [0.25, 0.3) is 0 Å². The van der Waals surface area contributed by atoms with Gasteiger partial charge < -0.3 is 33.8 Å². The molecule has 0 amide bonds. The molecule has 0 aromatic heterocycles. The summed E-state index contributed by atoms with van der Waals surface area (Å²) < 4.78 is 68.2. The van der Waals surface area contributed by atoms with Gasteiger partial charge in [0.05, 0.1) is 26.4 Å². The Labute approximate surface area is 537 Å². The molecule has 0 saturated heterocycles. The van der Waals surface area contributed by atoms with E-state index in [1.807, 2.05) is 0 Å². The van der Waals surface area contributed by atoms with E-state index in [0.717, 1.165) is 102 Å². The second-order valence-electron chi connectivity index (χ2n) is 25.4. The van der Waals surface area contributed by atoms with Gasteiger partial charge in [0.1, 0.15) is 19.3 Å². The van der Waals surface area contributed by atoms with Gasteiger partial charge in [0, 0.05) is 25.7 Å². The molecule has 0 aliphatic carbocycles. The minimum Gasteiger partial charge on any atom is -0.462 e. The van der Waals surface area contributed by atoms with Crippen molar-refractivity contribution in [3.05, 3.63) is 0 Å². The Balaban J connectivity index is 5.25. The summed E-state index contributed by atoms with van der Waals surface area (Å²) in [5, 5.41) is 10.6. The maximum absolute atomic E-state index is 13.0. The van der Waals surface area contributed by atoms with Crippen molar-refractivity contribution in [3.63, 3.8) is 0 Å². The van der Waals surface area contributed by atoms with E-state index in [-0.39, 0.29) is 25.7 Å². The predicted octanol–water partition coefficient (Wildman–Crippen LogP) is 19.6. The van der Waals surface area contributed by atoms with Crippen LogP contribution in [0.15, 0.2) is 0 Å². The van der Waals surface area contributed by atoms with Crippen LogP contribution >= 0.6 is 15.6 Å². The first-order valence-electron chi connectivity index (χ1n) is 36.1. The van der Waals surface area contributed by atoms with E-state index in [9.17, 15) is 43.2 Å². The van der Waals surface area contributed by atoms with Crippen LogP contribution < -0.4 is 0 Å². The Morgan fingerprint density at radius 3 is 0.807 bits per heavy atom. The van der Waals surface area contributed by atoms with E-state index in [4.69, 9.17) is 37.0 Å². The van der Waals surface area contributed by atoms with E-state index in [1.54, 1.807) is 0 Å². The minimum atomic E-state index is -4.95. The minimum absolute atomic E-state index is 0.105. The van der Waals surface area contributed by atoms with Crippen molar-refractivity contribution in [1.29, 1.82) is 0 Å². The zero-order valence-corrected chi connectivity index (χ0v) is 58.8. The van der Waals surface area contributed by atoms with Crippen molar-refractivity contribution in [1.82, 2.24) is 0 Å². The normalized spacial score (nSPS) is 14.8. The zero-order chi connectivity index (χ0) is 65.0. The fraction of sp³-hybridized carbons (Fsp3) is 0.942. The maximum atomic E-state index is 13.0. The van der Waals surface area contributed by atoms with Crippen molar-refractivity contribution < 1.29 is 80.2 Å². The molecule has 0 spiro atoms. The summed E-state index contributed by atoms with van der Waals surface area (Å²) >= 11 is 0. The van der Waals surface area contributed by atoms with Gasteiger partial charge in [0.15, 0.2) is 12.2 Å². The number of carbonyl (C=O) groups is 4. The van der Waals surface area contributed by atoms with Crippen molar-refractivity contribution in [2.45, 2.75) is 368 Å². The second kappa shape index (κ2) is 61.3. The average Bonchev–Trinajstić information content (AvgIpc) is 3.67. The lowest BCUT2D eigenvalue weighted by molar-refractivity contribution is -0.161. The van der Waals surface area contributed by atoms with Gasteiger partial charge in [-0.3, -0.25) is 37.3 Å². The molecule has 88 heavy (non-hydrogen) atoms. The first-order valence-corrected chi connectivity index (χ1v) is 39.1. The second-order valence-corrected chi connectivity index (χ2v) is 28.3. The van der Waals surface area contributed by atoms with Gasteiger partial charge in [0.2, 0.25) is 0 Å². The highest BCUT2D eigenvalue weighted by Gasteiger charge is 2.30. The Morgan fingerprint density at radius 2 is 0.545 bits per heavy atom. The Hall–Kier alpha value is -1.94. The fourth-order valence-electron chi connectivity index (χ4n) is 10.4. The van der Waals surface area contributed by atoms with Gasteiger partial charge in [0.25, 0.3) is 0 Å². The summed E-state index contributed by atoms with van der Waals surface area (Å²) in [6, 6.07) is 0. The molecular formula is C69H134O17P2. The van der Waals surface area contributed by atoms with Crippen LogP contribution in [0.3, 0.4) is 0 Å². The van der Waals surface area contributed by atoms with Crippen molar-refractivity contribution in [3.8, 4) is 0 Å². The summed E-state index contributed by atoms with van der Waals surface area (Å²) in [7, 11) is -9.90. The molecule has 0 radical (unpaired) electrons.